The van der Waals surface area contributed by atoms with Crippen molar-refractivity contribution in [3.63, 3.8) is 0 Å². The van der Waals surface area contributed by atoms with Gasteiger partial charge in [0.2, 0.25) is 5.91 Å². The highest BCUT2D eigenvalue weighted by Gasteiger charge is 2.14. The minimum Gasteiger partial charge on any atom is -0.353 e. The third-order valence-electron chi connectivity index (χ3n) is 2.88. The van der Waals surface area contributed by atoms with E-state index in [0.717, 1.165) is 5.82 Å². The number of hydrogen-bond donors (Lipinski definition) is 2. The molecular weight excluding hydrogens is 242 g/mol. The lowest BCUT2D eigenvalue weighted by molar-refractivity contribution is -0.122. The number of nitrogens with zero attached hydrogens (tertiary/aromatic N) is 3. The Morgan fingerprint density at radius 2 is 2.11 bits per heavy atom. The van der Waals surface area contributed by atoms with Crippen molar-refractivity contribution < 1.29 is 4.79 Å². The summed E-state index contributed by atoms with van der Waals surface area (Å²) < 4.78 is 1.96. The summed E-state index contributed by atoms with van der Waals surface area (Å²) in [4.78, 5) is 11.7. The molecule has 0 aromatic carbocycles. The summed E-state index contributed by atoms with van der Waals surface area (Å²) in [5, 5.41) is 10.8. The summed E-state index contributed by atoms with van der Waals surface area (Å²) in [6.45, 7) is 9.46. The zero-order valence-electron chi connectivity index (χ0n) is 12.3. The maximum atomic E-state index is 11.7. The van der Waals surface area contributed by atoms with E-state index in [1.54, 1.807) is 6.33 Å². The average molecular weight is 267 g/mol. The normalized spacial score (nSPS) is 13.0. The van der Waals surface area contributed by atoms with Crippen LogP contribution < -0.4 is 11.1 Å². The molecule has 0 bridgehead atoms. The zero-order chi connectivity index (χ0) is 14.4. The number of nitrogens with two attached hydrogens (primary N) is 1. The Kier molecular flexibility index (Phi) is 5.95. The van der Waals surface area contributed by atoms with Crippen LogP contribution in [0.2, 0.25) is 0 Å². The number of amides is 1. The lowest BCUT2D eigenvalue weighted by atomic mass is 10.0. The van der Waals surface area contributed by atoms with Crippen molar-refractivity contribution in [1.82, 2.24) is 20.1 Å². The van der Waals surface area contributed by atoms with Gasteiger partial charge in [-0.1, -0.05) is 27.7 Å². The molecule has 1 atom stereocenters. The van der Waals surface area contributed by atoms with Crippen LogP contribution in [0, 0.1) is 5.92 Å². The number of carbonyl (C=O) groups is 1. The summed E-state index contributed by atoms with van der Waals surface area (Å²) in [5.41, 5.74) is 5.81. The summed E-state index contributed by atoms with van der Waals surface area (Å²) in [6.07, 6.45) is 2.39. The molecule has 1 amide bonds. The molecule has 0 radical (unpaired) electrons. The first kappa shape index (κ1) is 15.6. The van der Waals surface area contributed by atoms with Crippen LogP contribution >= 0.6 is 0 Å². The largest absolute Gasteiger partial charge is 0.353 e. The van der Waals surface area contributed by atoms with E-state index in [-0.39, 0.29) is 5.91 Å². The number of nitrogens with one attached hydrogen (secondary N) is 1. The molecular formula is C13H25N5O. The van der Waals surface area contributed by atoms with Crippen LogP contribution in [-0.2, 0) is 11.3 Å². The third-order valence-corrected chi connectivity index (χ3v) is 2.88. The maximum Gasteiger partial charge on any atom is 0.236 e. The summed E-state index contributed by atoms with van der Waals surface area (Å²) in [5.74, 6) is 1.58. The predicted octanol–water partition coefficient (Wildman–Crippen LogP) is 0.891. The topological polar surface area (TPSA) is 85.8 Å². The van der Waals surface area contributed by atoms with Crippen LogP contribution in [0.25, 0.3) is 0 Å². The summed E-state index contributed by atoms with van der Waals surface area (Å²) in [7, 11) is 0. The first-order valence-electron chi connectivity index (χ1n) is 6.82. The van der Waals surface area contributed by atoms with Gasteiger partial charge in [0.05, 0.1) is 6.04 Å². The van der Waals surface area contributed by atoms with Crippen molar-refractivity contribution >= 4 is 5.91 Å². The van der Waals surface area contributed by atoms with Crippen molar-refractivity contribution in [1.29, 1.82) is 0 Å². The van der Waals surface area contributed by atoms with E-state index in [4.69, 9.17) is 5.73 Å². The van der Waals surface area contributed by atoms with Gasteiger partial charge < -0.3 is 15.6 Å². The molecule has 0 saturated heterocycles. The number of aromatic nitrogens is 3. The standard InChI is InChI=1S/C13H25N5O/c1-9(2)7-11(14)13(19)15-5-6-18-8-16-17-12(18)10(3)4/h8-11H,5-7,14H2,1-4H3,(H,15,19)/t11-/m0/s1. The quantitative estimate of drug-likeness (QED) is 0.768. The molecule has 1 rings (SSSR count). The van der Waals surface area contributed by atoms with Gasteiger partial charge in [0.15, 0.2) is 0 Å². The van der Waals surface area contributed by atoms with Crippen molar-refractivity contribution in [3.05, 3.63) is 12.2 Å². The number of rotatable bonds is 7. The second-order valence-corrected chi connectivity index (χ2v) is 5.56. The first-order chi connectivity index (χ1) is 8.91. The van der Waals surface area contributed by atoms with Crippen LogP contribution in [0.15, 0.2) is 6.33 Å². The fourth-order valence-corrected chi connectivity index (χ4v) is 1.93. The molecule has 0 aliphatic carbocycles. The summed E-state index contributed by atoms with van der Waals surface area (Å²) >= 11 is 0. The van der Waals surface area contributed by atoms with Gasteiger partial charge in [-0.3, -0.25) is 4.79 Å². The number of hydrogen-bond acceptors (Lipinski definition) is 4. The fraction of sp³-hybridized carbons (Fsp3) is 0.769. The van der Waals surface area contributed by atoms with Crippen LogP contribution in [0.5, 0.6) is 0 Å². The van der Waals surface area contributed by atoms with E-state index < -0.39 is 6.04 Å². The Morgan fingerprint density at radius 3 is 2.68 bits per heavy atom. The molecule has 0 aliphatic heterocycles. The van der Waals surface area contributed by atoms with Gasteiger partial charge in [0, 0.05) is 19.0 Å². The number of carbonyl (C=O) groups excluding carboxylic acids is 1. The van der Waals surface area contributed by atoms with Crippen LogP contribution in [0.3, 0.4) is 0 Å². The molecule has 1 aromatic rings. The maximum absolute atomic E-state index is 11.7. The van der Waals surface area contributed by atoms with Gasteiger partial charge in [0.1, 0.15) is 12.2 Å². The van der Waals surface area contributed by atoms with Gasteiger partial charge in [-0.15, -0.1) is 10.2 Å². The molecule has 0 unspecified atom stereocenters. The molecule has 1 aromatic heterocycles. The Balaban J connectivity index is 2.37. The second kappa shape index (κ2) is 7.23. The van der Waals surface area contributed by atoms with Gasteiger partial charge >= 0.3 is 0 Å². The highest BCUT2D eigenvalue weighted by atomic mass is 16.2. The van der Waals surface area contributed by atoms with E-state index in [0.29, 0.717) is 31.3 Å². The van der Waals surface area contributed by atoms with E-state index in [2.05, 4.69) is 43.2 Å². The predicted molar refractivity (Wildman–Crippen MR) is 74.6 cm³/mol. The lowest BCUT2D eigenvalue weighted by Gasteiger charge is -2.15. The van der Waals surface area contributed by atoms with Crippen LogP contribution in [0.4, 0.5) is 0 Å². The van der Waals surface area contributed by atoms with Crippen LogP contribution in [0.1, 0.15) is 45.9 Å². The molecule has 0 spiro atoms. The van der Waals surface area contributed by atoms with E-state index in [1.165, 1.54) is 0 Å². The fourth-order valence-electron chi connectivity index (χ4n) is 1.93. The van der Waals surface area contributed by atoms with Crippen molar-refractivity contribution in [3.8, 4) is 0 Å². The molecule has 108 valence electrons. The van der Waals surface area contributed by atoms with Gasteiger partial charge in [-0.05, 0) is 12.3 Å². The molecule has 1 heterocycles. The van der Waals surface area contributed by atoms with Gasteiger partial charge in [-0.2, -0.15) is 0 Å². The molecule has 0 aliphatic rings. The Bertz CT molecular complexity index is 399. The van der Waals surface area contributed by atoms with E-state index in [1.807, 2.05) is 4.57 Å². The first-order valence-corrected chi connectivity index (χ1v) is 6.82. The minimum atomic E-state index is -0.425. The Labute approximate surface area is 114 Å². The third kappa shape index (κ3) is 4.98. The van der Waals surface area contributed by atoms with Crippen LogP contribution in [-0.4, -0.2) is 33.3 Å². The molecule has 6 nitrogen and oxygen atoms in total. The Morgan fingerprint density at radius 1 is 1.42 bits per heavy atom. The monoisotopic (exact) mass is 267 g/mol. The smallest absolute Gasteiger partial charge is 0.236 e. The molecule has 6 heteroatoms. The van der Waals surface area contributed by atoms with E-state index in [9.17, 15) is 4.79 Å². The Hall–Kier alpha value is -1.43. The minimum absolute atomic E-state index is 0.0899. The molecule has 3 N–H and O–H groups in total. The second-order valence-electron chi connectivity index (χ2n) is 5.56. The molecule has 19 heavy (non-hydrogen) atoms. The summed E-state index contributed by atoms with van der Waals surface area (Å²) in [6, 6.07) is -0.425. The van der Waals surface area contributed by atoms with Gasteiger partial charge in [0.25, 0.3) is 0 Å². The SMILES string of the molecule is CC(C)C[C@H](N)C(=O)NCCn1cnnc1C(C)C. The zero-order valence-corrected chi connectivity index (χ0v) is 12.3. The van der Waals surface area contributed by atoms with Crippen molar-refractivity contribution in [2.75, 3.05) is 6.54 Å². The highest BCUT2D eigenvalue weighted by Crippen LogP contribution is 2.09. The highest BCUT2D eigenvalue weighted by molar-refractivity contribution is 5.81. The van der Waals surface area contributed by atoms with Crippen molar-refractivity contribution in [2.24, 2.45) is 11.7 Å². The van der Waals surface area contributed by atoms with Crippen molar-refractivity contribution in [2.45, 2.75) is 52.6 Å². The molecule has 0 saturated carbocycles. The average Bonchev–Trinajstić information content (AvgIpc) is 2.76. The van der Waals surface area contributed by atoms with E-state index >= 15 is 0 Å². The molecule has 0 fully saturated rings. The lowest BCUT2D eigenvalue weighted by Crippen LogP contribution is -2.42. The van der Waals surface area contributed by atoms with Gasteiger partial charge in [-0.25, -0.2) is 0 Å².